The summed E-state index contributed by atoms with van der Waals surface area (Å²) < 4.78 is 5.41. The summed E-state index contributed by atoms with van der Waals surface area (Å²) in [6.45, 7) is 6.63. The number of amides is 1. The predicted octanol–water partition coefficient (Wildman–Crippen LogP) is 2.47. The van der Waals surface area contributed by atoms with Crippen molar-refractivity contribution in [2.45, 2.75) is 32.7 Å². The molecule has 0 radical (unpaired) electrons. The molecule has 0 fully saturated rings. The highest BCUT2D eigenvalue weighted by atomic mass is 16.5. The van der Waals surface area contributed by atoms with Crippen molar-refractivity contribution in [3.8, 4) is 5.75 Å². The molecule has 0 aliphatic rings. The van der Waals surface area contributed by atoms with E-state index in [1.165, 1.54) is 6.33 Å². The van der Waals surface area contributed by atoms with Gasteiger partial charge in [-0.1, -0.05) is 39.0 Å². The third-order valence-electron chi connectivity index (χ3n) is 3.09. The number of para-hydroxylation sites is 1. The second-order valence-electron chi connectivity index (χ2n) is 6.03. The fraction of sp³-hybridized carbons (Fsp3) is 0.353. The van der Waals surface area contributed by atoms with Crippen molar-refractivity contribution in [3.05, 3.63) is 54.1 Å². The molecule has 0 spiro atoms. The largest absolute Gasteiger partial charge is 0.484 e. The molecule has 0 aliphatic carbocycles. The van der Waals surface area contributed by atoms with Gasteiger partial charge in [-0.05, 0) is 12.1 Å². The third-order valence-corrected chi connectivity index (χ3v) is 3.09. The van der Waals surface area contributed by atoms with Gasteiger partial charge in [0, 0.05) is 23.7 Å². The highest BCUT2D eigenvalue weighted by Crippen LogP contribution is 2.22. The molecule has 116 valence electrons. The van der Waals surface area contributed by atoms with Crippen LogP contribution in [0, 0.1) is 0 Å². The third kappa shape index (κ3) is 4.55. The lowest BCUT2D eigenvalue weighted by Crippen LogP contribution is -2.30. The van der Waals surface area contributed by atoms with Crippen LogP contribution in [0.5, 0.6) is 5.75 Å². The molecule has 5 heteroatoms. The number of rotatable bonds is 5. The molecular formula is C17H21N3O2. The lowest BCUT2D eigenvalue weighted by atomic mass is 9.89. The SMILES string of the molecule is CC(C)(C)c1ncncc1CNC(=O)COc1ccccc1. The summed E-state index contributed by atoms with van der Waals surface area (Å²) in [5, 5.41) is 2.84. The van der Waals surface area contributed by atoms with Gasteiger partial charge in [0.05, 0.1) is 5.69 Å². The second-order valence-corrected chi connectivity index (χ2v) is 6.03. The molecule has 2 rings (SSSR count). The molecular weight excluding hydrogens is 278 g/mol. The molecule has 2 aromatic rings. The van der Waals surface area contributed by atoms with Crippen molar-refractivity contribution in [3.63, 3.8) is 0 Å². The van der Waals surface area contributed by atoms with E-state index in [1.54, 1.807) is 6.20 Å². The topological polar surface area (TPSA) is 64.1 Å². The minimum Gasteiger partial charge on any atom is -0.484 e. The van der Waals surface area contributed by atoms with Gasteiger partial charge in [-0.25, -0.2) is 9.97 Å². The number of nitrogens with zero attached hydrogens (tertiary/aromatic N) is 2. The molecule has 1 heterocycles. The Balaban J connectivity index is 1.89. The summed E-state index contributed by atoms with van der Waals surface area (Å²) in [6, 6.07) is 9.26. The van der Waals surface area contributed by atoms with Crippen molar-refractivity contribution in [2.24, 2.45) is 0 Å². The van der Waals surface area contributed by atoms with Gasteiger partial charge >= 0.3 is 0 Å². The highest BCUT2D eigenvalue weighted by molar-refractivity contribution is 5.77. The Morgan fingerprint density at radius 2 is 1.95 bits per heavy atom. The van der Waals surface area contributed by atoms with Crippen LogP contribution in [0.3, 0.4) is 0 Å². The van der Waals surface area contributed by atoms with Crippen LogP contribution in [-0.2, 0) is 16.8 Å². The molecule has 1 aromatic heterocycles. The monoisotopic (exact) mass is 299 g/mol. The molecule has 1 aromatic carbocycles. The molecule has 0 atom stereocenters. The van der Waals surface area contributed by atoms with Crippen LogP contribution in [-0.4, -0.2) is 22.5 Å². The molecule has 5 nitrogen and oxygen atoms in total. The maximum Gasteiger partial charge on any atom is 0.258 e. The van der Waals surface area contributed by atoms with Crippen molar-refractivity contribution in [2.75, 3.05) is 6.61 Å². The van der Waals surface area contributed by atoms with E-state index in [-0.39, 0.29) is 17.9 Å². The van der Waals surface area contributed by atoms with Crippen LogP contribution in [0.2, 0.25) is 0 Å². The first-order valence-electron chi connectivity index (χ1n) is 7.21. The quantitative estimate of drug-likeness (QED) is 0.921. The zero-order chi connectivity index (χ0) is 16.0. The lowest BCUT2D eigenvalue weighted by molar-refractivity contribution is -0.123. The van der Waals surface area contributed by atoms with Gasteiger partial charge in [-0.3, -0.25) is 4.79 Å². The Morgan fingerprint density at radius 1 is 1.23 bits per heavy atom. The molecule has 0 aliphatic heterocycles. The van der Waals surface area contributed by atoms with Gasteiger partial charge in [0.2, 0.25) is 0 Å². The highest BCUT2D eigenvalue weighted by Gasteiger charge is 2.19. The van der Waals surface area contributed by atoms with E-state index in [2.05, 4.69) is 36.1 Å². The van der Waals surface area contributed by atoms with E-state index in [9.17, 15) is 4.79 Å². The van der Waals surface area contributed by atoms with Crippen LogP contribution in [0.15, 0.2) is 42.9 Å². The van der Waals surface area contributed by atoms with Gasteiger partial charge < -0.3 is 10.1 Å². The lowest BCUT2D eigenvalue weighted by Gasteiger charge is -2.21. The summed E-state index contributed by atoms with van der Waals surface area (Å²) in [6.07, 6.45) is 3.27. The minimum absolute atomic E-state index is 0.0114. The second kappa shape index (κ2) is 7.02. The smallest absolute Gasteiger partial charge is 0.258 e. The molecule has 1 amide bonds. The number of hydrogen-bond acceptors (Lipinski definition) is 4. The Morgan fingerprint density at radius 3 is 2.64 bits per heavy atom. The zero-order valence-electron chi connectivity index (χ0n) is 13.2. The fourth-order valence-corrected chi connectivity index (χ4v) is 2.07. The molecule has 0 saturated carbocycles. The average Bonchev–Trinajstić information content (AvgIpc) is 2.51. The average molecular weight is 299 g/mol. The zero-order valence-corrected chi connectivity index (χ0v) is 13.2. The normalized spacial score (nSPS) is 11.0. The van der Waals surface area contributed by atoms with Crippen LogP contribution in [0.4, 0.5) is 0 Å². The van der Waals surface area contributed by atoms with Gasteiger partial charge in [-0.15, -0.1) is 0 Å². The van der Waals surface area contributed by atoms with Crippen molar-refractivity contribution in [1.82, 2.24) is 15.3 Å². The summed E-state index contributed by atoms with van der Waals surface area (Å²) in [5.74, 6) is 0.503. The molecule has 22 heavy (non-hydrogen) atoms. The van der Waals surface area contributed by atoms with E-state index < -0.39 is 0 Å². The number of carbonyl (C=O) groups is 1. The predicted molar refractivity (Wildman–Crippen MR) is 84.5 cm³/mol. The number of ether oxygens (including phenoxy) is 1. The maximum atomic E-state index is 11.9. The van der Waals surface area contributed by atoms with Crippen molar-refractivity contribution in [1.29, 1.82) is 0 Å². The molecule has 0 bridgehead atoms. The van der Waals surface area contributed by atoms with Gasteiger partial charge in [0.25, 0.3) is 5.91 Å². The minimum atomic E-state index is -0.174. The standard InChI is InChI=1S/C17H21N3O2/c1-17(2,3)16-13(9-18-12-20-16)10-19-15(21)11-22-14-7-5-4-6-8-14/h4-9,12H,10-11H2,1-3H3,(H,19,21). The number of carbonyl (C=O) groups excluding carboxylic acids is 1. The number of hydrogen-bond donors (Lipinski definition) is 1. The fourth-order valence-electron chi connectivity index (χ4n) is 2.07. The maximum absolute atomic E-state index is 11.9. The Bertz CT molecular complexity index is 621. The van der Waals surface area contributed by atoms with Gasteiger partial charge in [-0.2, -0.15) is 0 Å². The molecule has 0 saturated heterocycles. The van der Waals surface area contributed by atoms with Crippen LogP contribution in [0.25, 0.3) is 0 Å². The molecule has 1 N–H and O–H groups in total. The van der Waals surface area contributed by atoms with Crippen molar-refractivity contribution < 1.29 is 9.53 Å². The first-order chi connectivity index (χ1) is 10.5. The first-order valence-corrected chi connectivity index (χ1v) is 7.21. The van der Waals surface area contributed by atoms with Crippen molar-refractivity contribution >= 4 is 5.91 Å². The first kappa shape index (κ1) is 15.9. The summed E-state index contributed by atoms with van der Waals surface area (Å²) in [4.78, 5) is 20.2. The summed E-state index contributed by atoms with van der Waals surface area (Å²) in [5.41, 5.74) is 1.76. The Hall–Kier alpha value is -2.43. The Labute approximate surface area is 130 Å². The summed E-state index contributed by atoms with van der Waals surface area (Å²) >= 11 is 0. The summed E-state index contributed by atoms with van der Waals surface area (Å²) in [7, 11) is 0. The van der Waals surface area contributed by atoms with E-state index in [4.69, 9.17) is 4.74 Å². The van der Waals surface area contributed by atoms with Crippen LogP contribution >= 0.6 is 0 Å². The van der Waals surface area contributed by atoms with Gasteiger partial charge in [0.1, 0.15) is 12.1 Å². The number of benzene rings is 1. The number of nitrogens with one attached hydrogen (secondary N) is 1. The van der Waals surface area contributed by atoms with E-state index >= 15 is 0 Å². The number of aromatic nitrogens is 2. The van der Waals surface area contributed by atoms with E-state index in [0.29, 0.717) is 12.3 Å². The van der Waals surface area contributed by atoms with E-state index in [0.717, 1.165) is 11.3 Å². The van der Waals surface area contributed by atoms with Crippen LogP contribution in [0.1, 0.15) is 32.0 Å². The van der Waals surface area contributed by atoms with E-state index in [1.807, 2.05) is 30.3 Å². The Kier molecular flexibility index (Phi) is 5.09. The van der Waals surface area contributed by atoms with Gasteiger partial charge in [0.15, 0.2) is 6.61 Å². The van der Waals surface area contributed by atoms with Crippen LogP contribution < -0.4 is 10.1 Å². The molecule has 0 unspecified atom stereocenters.